The third-order valence-electron chi connectivity index (χ3n) is 13.1. The summed E-state index contributed by atoms with van der Waals surface area (Å²) in [5.74, 6) is -0.896. The molecule has 0 spiro atoms. The number of unbranched alkanes of at least 4 members (excludes halogenated alkanes) is 28. The van der Waals surface area contributed by atoms with Crippen LogP contribution in [0.25, 0.3) is 0 Å². The van der Waals surface area contributed by atoms with Gasteiger partial charge in [0.2, 0.25) is 0 Å². The largest absolute Gasteiger partial charge is 0.462 e. The molecule has 0 rings (SSSR count). The minimum absolute atomic E-state index is 0.0820. The molecular weight excluding hydrogens is 901 g/mol. The Hall–Kier alpha value is -3.67. The first kappa shape index (κ1) is 69.3. The first-order valence-corrected chi connectivity index (χ1v) is 30.7. The molecule has 418 valence electrons. The summed E-state index contributed by atoms with van der Waals surface area (Å²) in [5, 5.41) is 0. The fraction of sp³-hybridized carbons (Fsp3) is 0.716. The quantitative estimate of drug-likeness (QED) is 0.0261. The van der Waals surface area contributed by atoms with E-state index in [9.17, 15) is 14.4 Å². The summed E-state index contributed by atoms with van der Waals surface area (Å²) in [7, 11) is 0. The molecule has 0 aliphatic rings. The van der Waals surface area contributed by atoms with Crippen LogP contribution in [0.2, 0.25) is 0 Å². The number of rotatable bonds is 55. The van der Waals surface area contributed by atoms with Crippen LogP contribution in [0.5, 0.6) is 0 Å². The van der Waals surface area contributed by atoms with E-state index in [0.29, 0.717) is 19.3 Å². The van der Waals surface area contributed by atoms with Crippen molar-refractivity contribution in [2.24, 2.45) is 0 Å². The number of esters is 3. The Morgan fingerprint density at radius 2 is 0.534 bits per heavy atom. The molecule has 0 aliphatic heterocycles. The van der Waals surface area contributed by atoms with Gasteiger partial charge >= 0.3 is 17.9 Å². The molecule has 0 radical (unpaired) electrons. The second-order valence-corrected chi connectivity index (χ2v) is 20.2. The Balaban J connectivity index is 4.24. The number of carbonyl (C=O) groups is 3. The molecule has 0 aromatic rings. The molecule has 0 amide bonds. The normalized spacial score (nSPS) is 12.8. The summed E-state index contributed by atoms with van der Waals surface area (Å²) in [6.07, 6.45) is 81.2. The van der Waals surface area contributed by atoms with Crippen LogP contribution in [-0.4, -0.2) is 37.2 Å². The van der Waals surface area contributed by atoms with Crippen molar-refractivity contribution in [2.75, 3.05) is 13.2 Å². The maximum absolute atomic E-state index is 12.8. The molecule has 0 N–H and O–H groups in total. The Labute approximate surface area is 451 Å². The Morgan fingerprint density at radius 1 is 0.288 bits per heavy atom. The van der Waals surface area contributed by atoms with Crippen LogP contribution < -0.4 is 0 Å². The van der Waals surface area contributed by atoms with Crippen molar-refractivity contribution in [1.82, 2.24) is 0 Å². The van der Waals surface area contributed by atoms with E-state index in [2.05, 4.69) is 118 Å². The van der Waals surface area contributed by atoms with Crippen molar-refractivity contribution >= 4 is 17.9 Å². The topological polar surface area (TPSA) is 78.9 Å². The Bertz CT molecular complexity index is 1440. The van der Waals surface area contributed by atoms with Gasteiger partial charge in [-0.25, -0.2) is 0 Å². The van der Waals surface area contributed by atoms with Gasteiger partial charge in [-0.05, 0) is 103 Å². The number of carbonyl (C=O) groups excluding carboxylic acids is 3. The zero-order valence-electron chi connectivity index (χ0n) is 47.9. The molecule has 6 nitrogen and oxygen atoms in total. The number of ether oxygens (including phenoxy) is 3. The Morgan fingerprint density at radius 3 is 0.849 bits per heavy atom. The van der Waals surface area contributed by atoms with Crippen LogP contribution in [0.4, 0.5) is 0 Å². The lowest BCUT2D eigenvalue weighted by Gasteiger charge is -2.18. The van der Waals surface area contributed by atoms with Crippen molar-refractivity contribution in [3.8, 4) is 0 Å². The average Bonchev–Trinajstić information content (AvgIpc) is 3.39. The summed E-state index contributed by atoms with van der Waals surface area (Å²) in [6, 6.07) is 0. The molecule has 0 heterocycles. The Kier molecular flexibility index (Phi) is 57.8. The molecule has 0 saturated carbocycles. The van der Waals surface area contributed by atoms with Crippen molar-refractivity contribution in [3.63, 3.8) is 0 Å². The molecule has 0 fully saturated rings. The van der Waals surface area contributed by atoms with Gasteiger partial charge in [0.25, 0.3) is 0 Å². The maximum atomic E-state index is 12.8. The van der Waals surface area contributed by atoms with Gasteiger partial charge < -0.3 is 14.2 Å². The zero-order chi connectivity index (χ0) is 52.9. The predicted octanol–water partition coefficient (Wildman–Crippen LogP) is 20.9. The second-order valence-electron chi connectivity index (χ2n) is 20.2. The van der Waals surface area contributed by atoms with Crippen LogP contribution >= 0.6 is 0 Å². The highest BCUT2D eigenvalue weighted by Gasteiger charge is 2.19. The molecule has 73 heavy (non-hydrogen) atoms. The van der Waals surface area contributed by atoms with Crippen molar-refractivity contribution < 1.29 is 28.6 Å². The number of allylic oxidation sites excluding steroid dienone is 16. The van der Waals surface area contributed by atoms with Crippen molar-refractivity contribution in [1.29, 1.82) is 0 Å². The molecule has 6 heteroatoms. The monoisotopic (exact) mass is 1010 g/mol. The minimum atomic E-state index is -0.785. The SMILES string of the molecule is CC/C=C\C/C=C\C/C=C\C/C=C\C/C=C\C/C=C\CCCCCCCCCCCCC(=O)OCC(COC(=O)CCCCCCCCCCCC)OC(=O)CCCCCCC/C=C\C/C=C\CCCCCC. The van der Waals surface area contributed by atoms with Gasteiger partial charge in [-0.2, -0.15) is 0 Å². The highest BCUT2D eigenvalue weighted by Crippen LogP contribution is 2.15. The van der Waals surface area contributed by atoms with Crippen molar-refractivity contribution in [2.45, 2.75) is 297 Å². The van der Waals surface area contributed by atoms with E-state index >= 15 is 0 Å². The standard InChI is InChI=1S/C67H114O6/c1-4-7-10-13-16-19-22-24-26-28-29-30-31-32-33-34-35-36-37-38-39-40-42-43-45-48-51-54-57-60-66(69)72-63-64(62-71-65(68)59-56-53-50-47-21-18-15-12-9-6-3)73-67(70)61-58-55-52-49-46-44-41-27-25-23-20-17-14-11-8-5-2/h7,10,16,19-20,23-24,26-27,29-30,32-33,35-36,41,64H,4-6,8-9,11-15,17-18,21-22,25,28,31,34,37-40,42-63H2,1-3H3/b10-7-,19-16-,23-20-,26-24-,30-29-,33-32-,36-35-,41-27-. The van der Waals surface area contributed by atoms with E-state index in [1.807, 2.05) is 0 Å². The van der Waals surface area contributed by atoms with E-state index < -0.39 is 6.10 Å². The minimum Gasteiger partial charge on any atom is -0.462 e. The zero-order valence-corrected chi connectivity index (χ0v) is 47.9. The van der Waals surface area contributed by atoms with Gasteiger partial charge in [0.15, 0.2) is 6.10 Å². The molecule has 0 aromatic carbocycles. The van der Waals surface area contributed by atoms with E-state index in [-0.39, 0.29) is 31.1 Å². The van der Waals surface area contributed by atoms with Gasteiger partial charge in [0, 0.05) is 19.3 Å². The van der Waals surface area contributed by atoms with E-state index in [4.69, 9.17) is 14.2 Å². The van der Waals surface area contributed by atoms with Crippen LogP contribution in [0.1, 0.15) is 290 Å². The van der Waals surface area contributed by atoms with Gasteiger partial charge in [0.1, 0.15) is 13.2 Å². The van der Waals surface area contributed by atoms with Crippen LogP contribution in [0.15, 0.2) is 97.2 Å². The fourth-order valence-electron chi connectivity index (χ4n) is 8.48. The third-order valence-corrected chi connectivity index (χ3v) is 13.1. The lowest BCUT2D eigenvalue weighted by atomic mass is 10.1. The fourth-order valence-corrected chi connectivity index (χ4v) is 8.48. The summed E-state index contributed by atoms with van der Waals surface area (Å²) < 4.78 is 16.9. The highest BCUT2D eigenvalue weighted by molar-refractivity contribution is 5.71. The second kappa shape index (κ2) is 60.9. The average molecular weight is 1020 g/mol. The third kappa shape index (κ3) is 59.1. The smallest absolute Gasteiger partial charge is 0.306 e. The summed E-state index contributed by atoms with van der Waals surface area (Å²) in [4.78, 5) is 38.1. The van der Waals surface area contributed by atoms with E-state index in [1.54, 1.807) is 0 Å². The lowest BCUT2D eigenvalue weighted by molar-refractivity contribution is -0.167. The molecular formula is C67H114O6. The first-order chi connectivity index (χ1) is 36.0. The molecule has 0 aliphatic carbocycles. The predicted molar refractivity (Wildman–Crippen MR) is 316 cm³/mol. The summed E-state index contributed by atoms with van der Waals surface area (Å²) in [5.41, 5.74) is 0. The molecule has 0 aromatic heterocycles. The van der Waals surface area contributed by atoms with Crippen LogP contribution in [0, 0.1) is 0 Å². The summed E-state index contributed by atoms with van der Waals surface area (Å²) >= 11 is 0. The van der Waals surface area contributed by atoms with Crippen LogP contribution in [0.3, 0.4) is 0 Å². The van der Waals surface area contributed by atoms with Gasteiger partial charge in [-0.15, -0.1) is 0 Å². The van der Waals surface area contributed by atoms with Gasteiger partial charge in [-0.3, -0.25) is 14.4 Å². The molecule has 1 atom stereocenters. The number of hydrogen-bond donors (Lipinski definition) is 0. The van der Waals surface area contributed by atoms with Crippen LogP contribution in [-0.2, 0) is 28.6 Å². The van der Waals surface area contributed by atoms with Gasteiger partial charge in [0.05, 0.1) is 0 Å². The number of hydrogen-bond acceptors (Lipinski definition) is 6. The van der Waals surface area contributed by atoms with Gasteiger partial charge in [-0.1, -0.05) is 266 Å². The molecule has 0 saturated heterocycles. The summed E-state index contributed by atoms with van der Waals surface area (Å²) in [6.45, 7) is 6.49. The van der Waals surface area contributed by atoms with Crippen molar-refractivity contribution in [3.05, 3.63) is 97.2 Å². The highest BCUT2D eigenvalue weighted by atomic mass is 16.6. The molecule has 0 bridgehead atoms. The molecule has 1 unspecified atom stereocenters. The van der Waals surface area contributed by atoms with E-state index in [1.165, 1.54) is 128 Å². The lowest BCUT2D eigenvalue weighted by Crippen LogP contribution is -2.30. The maximum Gasteiger partial charge on any atom is 0.306 e. The van der Waals surface area contributed by atoms with E-state index in [0.717, 1.165) is 122 Å². The first-order valence-electron chi connectivity index (χ1n) is 30.7.